The van der Waals surface area contributed by atoms with Gasteiger partial charge in [0.15, 0.2) is 0 Å². The number of halogens is 1. The van der Waals surface area contributed by atoms with E-state index in [0.717, 1.165) is 19.4 Å². The van der Waals surface area contributed by atoms with Crippen LogP contribution in [-0.4, -0.2) is 12.7 Å². The first-order chi connectivity index (χ1) is 8.94. The molecule has 2 rings (SSSR count). The van der Waals surface area contributed by atoms with Crippen LogP contribution in [0.25, 0.3) is 0 Å². The number of ether oxygens (including phenoxy) is 1. The van der Waals surface area contributed by atoms with Crippen LogP contribution in [0.3, 0.4) is 0 Å². The van der Waals surface area contributed by atoms with Crippen LogP contribution < -0.4 is 0 Å². The summed E-state index contributed by atoms with van der Waals surface area (Å²) in [5.74, 6) is 0.597. The summed E-state index contributed by atoms with van der Waals surface area (Å²) < 4.78 is 5.67. The number of alkyl halides is 1. The summed E-state index contributed by atoms with van der Waals surface area (Å²) in [6.45, 7) is 9.89. The SMILES string of the molecule is CCC(C)(C)c1ccc(C(Br)C2COC(C)C2)cc1. The monoisotopic (exact) mass is 324 g/mol. The van der Waals surface area contributed by atoms with Gasteiger partial charge in [0.25, 0.3) is 0 Å². The van der Waals surface area contributed by atoms with Crippen molar-refractivity contribution in [3.8, 4) is 0 Å². The molecule has 1 saturated heterocycles. The predicted octanol–water partition coefficient (Wildman–Crippen LogP) is 5.24. The minimum absolute atomic E-state index is 0.269. The standard InChI is InChI=1S/C17H25BrO/c1-5-17(3,4)15-8-6-13(7-9-15)16(18)14-10-12(2)19-11-14/h6-9,12,14,16H,5,10-11H2,1-4H3. The van der Waals surface area contributed by atoms with E-state index < -0.39 is 0 Å². The Morgan fingerprint density at radius 3 is 2.42 bits per heavy atom. The summed E-state index contributed by atoms with van der Waals surface area (Å²) in [5, 5.41) is 0. The van der Waals surface area contributed by atoms with Crippen LogP contribution in [0, 0.1) is 5.92 Å². The molecular formula is C17H25BrO. The third-order valence-corrected chi connectivity index (χ3v) is 5.81. The summed E-state index contributed by atoms with van der Waals surface area (Å²) in [5.41, 5.74) is 3.07. The summed E-state index contributed by atoms with van der Waals surface area (Å²) >= 11 is 3.85. The third-order valence-electron chi connectivity index (χ3n) is 4.54. The van der Waals surface area contributed by atoms with Crippen molar-refractivity contribution in [2.75, 3.05) is 6.61 Å². The zero-order valence-electron chi connectivity index (χ0n) is 12.4. The lowest BCUT2D eigenvalue weighted by Gasteiger charge is -2.24. The molecule has 0 aromatic heterocycles. The molecule has 0 N–H and O–H groups in total. The highest BCUT2D eigenvalue weighted by molar-refractivity contribution is 9.09. The smallest absolute Gasteiger partial charge is 0.0551 e. The number of hydrogen-bond donors (Lipinski definition) is 0. The van der Waals surface area contributed by atoms with E-state index in [-0.39, 0.29) is 5.41 Å². The van der Waals surface area contributed by atoms with Crippen molar-refractivity contribution >= 4 is 15.9 Å². The topological polar surface area (TPSA) is 9.23 Å². The van der Waals surface area contributed by atoms with Gasteiger partial charge in [-0.3, -0.25) is 0 Å². The Labute approximate surface area is 125 Å². The van der Waals surface area contributed by atoms with E-state index in [1.807, 2.05) is 0 Å². The number of benzene rings is 1. The average molecular weight is 325 g/mol. The second-order valence-corrected chi connectivity index (χ2v) is 7.39. The van der Waals surface area contributed by atoms with Crippen molar-refractivity contribution in [3.05, 3.63) is 35.4 Å². The average Bonchev–Trinajstić information content (AvgIpc) is 2.85. The molecule has 1 aliphatic rings. The summed E-state index contributed by atoms with van der Waals surface area (Å²) in [7, 11) is 0. The lowest BCUT2D eigenvalue weighted by atomic mass is 9.81. The fraction of sp³-hybridized carbons (Fsp3) is 0.647. The Kier molecular flexibility index (Phi) is 4.73. The van der Waals surface area contributed by atoms with E-state index in [4.69, 9.17) is 4.74 Å². The van der Waals surface area contributed by atoms with Crippen LogP contribution in [-0.2, 0) is 10.2 Å². The molecule has 1 aliphatic heterocycles. The Balaban J connectivity index is 2.10. The van der Waals surface area contributed by atoms with Crippen molar-refractivity contribution in [1.82, 2.24) is 0 Å². The molecule has 1 heterocycles. The van der Waals surface area contributed by atoms with Gasteiger partial charge in [-0.2, -0.15) is 0 Å². The van der Waals surface area contributed by atoms with Crippen molar-refractivity contribution < 1.29 is 4.74 Å². The maximum Gasteiger partial charge on any atom is 0.0551 e. The second-order valence-electron chi connectivity index (χ2n) is 6.40. The fourth-order valence-electron chi connectivity index (χ4n) is 2.65. The van der Waals surface area contributed by atoms with Crippen LogP contribution in [0.1, 0.15) is 56.5 Å². The van der Waals surface area contributed by atoms with Crippen LogP contribution in [0.15, 0.2) is 24.3 Å². The Hall–Kier alpha value is -0.340. The molecule has 3 unspecified atom stereocenters. The molecule has 0 bridgehead atoms. The maximum atomic E-state index is 5.67. The summed E-state index contributed by atoms with van der Waals surface area (Å²) in [6.07, 6.45) is 2.72. The highest BCUT2D eigenvalue weighted by atomic mass is 79.9. The third kappa shape index (κ3) is 3.41. The van der Waals surface area contributed by atoms with Gasteiger partial charge < -0.3 is 4.74 Å². The lowest BCUT2D eigenvalue weighted by molar-refractivity contribution is 0.120. The minimum atomic E-state index is 0.269. The van der Waals surface area contributed by atoms with Gasteiger partial charge >= 0.3 is 0 Å². The maximum absolute atomic E-state index is 5.67. The van der Waals surface area contributed by atoms with E-state index in [1.54, 1.807) is 0 Å². The Morgan fingerprint density at radius 2 is 1.95 bits per heavy atom. The normalized spacial score (nSPS) is 25.5. The lowest BCUT2D eigenvalue weighted by Crippen LogP contribution is -2.15. The van der Waals surface area contributed by atoms with Gasteiger partial charge in [-0.15, -0.1) is 0 Å². The zero-order valence-corrected chi connectivity index (χ0v) is 14.0. The molecular weight excluding hydrogens is 300 g/mol. The van der Waals surface area contributed by atoms with E-state index in [9.17, 15) is 0 Å². The molecule has 106 valence electrons. The second kappa shape index (κ2) is 5.97. The molecule has 0 saturated carbocycles. The van der Waals surface area contributed by atoms with Crippen LogP contribution in [0.4, 0.5) is 0 Å². The molecule has 0 amide bonds. The van der Waals surface area contributed by atoms with Gasteiger partial charge in [0.1, 0.15) is 0 Å². The fourth-order valence-corrected chi connectivity index (χ4v) is 3.32. The Bertz CT molecular complexity index is 410. The van der Waals surface area contributed by atoms with E-state index in [1.165, 1.54) is 11.1 Å². The first-order valence-electron chi connectivity index (χ1n) is 7.30. The molecule has 0 aliphatic carbocycles. The molecule has 0 radical (unpaired) electrons. The molecule has 1 aromatic rings. The first-order valence-corrected chi connectivity index (χ1v) is 8.21. The van der Waals surface area contributed by atoms with Crippen molar-refractivity contribution in [2.45, 2.75) is 56.9 Å². The van der Waals surface area contributed by atoms with E-state index in [0.29, 0.717) is 16.8 Å². The van der Waals surface area contributed by atoms with Crippen LogP contribution in [0.5, 0.6) is 0 Å². The number of rotatable bonds is 4. The highest BCUT2D eigenvalue weighted by Crippen LogP contribution is 2.38. The van der Waals surface area contributed by atoms with Gasteiger partial charge in [0.05, 0.1) is 12.7 Å². The minimum Gasteiger partial charge on any atom is -0.378 e. The highest BCUT2D eigenvalue weighted by Gasteiger charge is 2.29. The van der Waals surface area contributed by atoms with Gasteiger partial charge in [-0.1, -0.05) is 61.0 Å². The molecule has 1 aromatic carbocycles. The first kappa shape index (κ1) is 15.1. The quantitative estimate of drug-likeness (QED) is 0.688. The van der Waals surface area contributed by atoms with Crippen LogP contribution in [0.2, 0.25) is 0 Å². The molecule has 0 spiro atoms. The van der Waals surface area contributed by atoms with Gasteiger partial charge in [0, 0.05) is 10.7 Å². The predicted molar refractivity (Wildman–Crippen MR) is 84.9 cm³/mol. The molecule has 19 heavy (non-hydrogen) atoms. The summed E-state index contributed by atoms with van der Waals surface area (Å²) in [4.78, 5) is 0.413. The number of hydrogen-bond acceptors (Lipinski definition) is 1. The van der Waals surface area contributed by atoms with Crippen LogP contribution >= 0.6 is 15.9 Å². The largest absolute Gasteiger partial charge is 0.378 e. The van der Waals surface area contributed by atoms with E-state index >= 15 is 0 Å². The van der Waals surface area contributed by atoms with Crippen molar-refractivity contribution in [3.63, 3.8) is 0 Å². The zero-order chi connectivity index (χ0) is 14.0. The Morgan fingerprint density at radius 1 is 1.32 bits per heavy atom. The van der Waals surface area contributed by atoms with Crippen molar-refractivity contribution in [2.24, 2.45) is 5.92 Å². The molecule has 2 heteroatoms. The van der Waals surface area contributed by atoms with E-state index in [2.05, 4.69) is 67.9 Å². The summed E-state index contributed by atoms with van der Waals surface area (Å²) in [6, 6.07) is 9.11. The molecule has 3 atom stereocenters. The van der Waals surface area contributed by atoms with Gasteiger partial charge in [-0.05, 0) is 36.3 Å². The van der Waals surface area contributed by atoms with Gasteiger partial charge in [-0.25, -0.2) is 0 Å². The molecule has 1 fully saturated rings. The molecule has 1 nitrogen and oxygen atoms in total. The van der Waals surface area contributed by atoms with Crippen molar-refractivity contribution in [1.29, 1.82) is 0 Å². The van der Waals surface area contributed by atoms with Gasteiger partial charge in [0.2, 0.25) is 0 Å².